The molecule has 1 aliphatic rings. The molecule has 0 saturated carbocycles. The summed E-state index contributed by atoms with van der Waals surface area (Å²) in [7, 11) is 0. The summed E-state index contributed by atoms with van der Waals surface area (Å²) in [5, 5.41) is 11.3. The van der Waals surface area contributed by atoms with Gasteiger partial charge in [-0.25, -0.2) is 0 Å². The summed E-state index contributed by atoms with van der Waals surface area (Å²) in [6, 6.07) is 8.99. The van der Waals surface area contributed by atoms with Gasteiger partial charge in [0.05, 0.1) is 6.21 Å². The SMILES string of the molecule is Cc1cc(/C=N\n2c(C)n[nH]c2=S)c(C)n1-c1ccc2c(c1)CCC2. The third-order valence-electron chi connectivity index (χ3n) is 4.94. The first-order chi connectivity index (χ1) is 12.0. The lowest BCUT2D eigenvalue weighted by atomic mass is 10.1. The first-order valence-corrected chi connectivity index (χ1v) is 8.95. The van der Waals surface area contributed by atoms with Crippen molar-refractivity contribution in [1.29, 1.82) is 0 Å². The number of aromatic nitrogens is 4. The van der Waals surface area contributed by atoms with Gasteiger partial charge in [-0.15, -0.1) is 0 Å². The van der Waals surface area contributed by atoms with Gasteiger partial charge < -0.3 is 4.57 Å². The van der Waals surface area contributed by atoms with Crippen LogP contribution in [0.2, 0.25) is 0 Å². The van der Waals surface area contributed by atoms with E-state index in [1.54, 1.807) is 4.68 Å². The van der Waals surface area contributed by atoms with Gasteiger partial charge in [0.25, 0.3) is 0 Å². The van der Waals surface area contributed by atoms with Gasteiger partial charge in [0.1, 0.15) is 5.82 Å². The Kier molecular flexibility index (Phi) is 3.92. The quantitative estimate of drug-likeness (QED) is 0.572. The van der Waals surface area contributed by atoms with Crippen LogP contribution in [0.3, 0.4) is 0 Å². The summed E-state index contributed by atoms with van der Waals surface area (Å²) in [6.45, 7) is 6.13. The molecule has 0 unspecified atom stereocenters. The lowest BCUT2D eigenvalue weighted by molar-refractivity contribution is 0.820. The molecule has 0 bridgehead atoms. The number of aryl methyl sites for hydroxylation is 4. The second kappa shape index (κ2) is 6.11. The Labute approximate surface area is 152 Å². The molecule has 0 saturated heterocycles. The lowest BCUT2D eigenvalue weighted by Gasteiger charge is -2.11. The Balaban J connectivity index is 1.73. The van der Waals surface area contributed by atoms with Crippen molar-refractivity contribution in [3.05, 3.63) is 62.9 Å². The summed E-state index contributed by atoms with van der Waals surface area (Å²) in [6.07, 6.45) is 5.52. The number of hydrogen-bond acceptors (Lipinski definition) is 3. The van der Waals surface area contributed by atoms with E-state index in [0.29, 0.717) is 4.77 Å². The van der Waals surface area contributed by atoms with E-state index in [1.807, 2.05) is 13.1 Å². The van der Waals surface area contributed by atoms with Crippen LogP contribution in [0.15, 0.2) is 29.4 Å². The highest BCUT2D eigenvalue weighted by Gasteiger charge is 2.14. The van der Waals surface area contributed by atoms with Crippen molar-refractivity contribution in [3.63, 3.8) is 0 Å². The number of benzene rings is 1. The predicted molar refractivity (Wildman–Crippen MR) is 102 cm³/mol. The zero-order valence-electron chi connectivity index (χ0n) is 14.7. The minimum atomic E-state index is 0.501. The number of aromatic amines is 1. The summed E-state index contributed by atoms with van der Waals surface area (Å²) >= 11 is 5.20. The Morgan fingerprint density at radius 3 is 2.72 bits per heavy atom. The van der Waals surface area contributed by atoms with E-state index in [-0.39, 0.29) is 0 Å². The lowest BCUT2D eigenvalue weighted by Crippen LogP contribution is -2.01. The summed E-state index contributed by atoms with van der Waals surface area (Å²) < 4.78 is 4.43. The van der Waals surface area contributed by atoms with Crippen LogP contribution >= 0.6 is 12.2 Å². The van der Waals surface area contributed by atoms with E-state index in [2.05, 4.69) is 58.0 Å². The molecule has 6 heteroatoms. The van der Waals surface area contributed by atoms with Crippen LogP contribution in [0.4, 0.5) is 0 Å². The van der Waals surface area contributed by atoms with Crippen molar-refractivity contribution in [2.75, 3.05) is 0 Å². The molecule has 3 aromatic rings. The Morgan fingerprint density at radius 1 is 1.16 bits per heavy atom. The molecule has 5 nitrogen and oxygen atoms in total. The predicted octanol–water partition coefficient (Wildman–Crippen LogP) is 4.03. The van der Waals surface area contributed by atoms with Crippen molar-refractivity contribution >= 4 is 18.4 Å². The molecular formula is C19H21N5S. The number of rotatable bonds is 3. The normalized spacial score (nSPS) is 13.7. The molecule has 2 heterocycles. The minimum Gasteiger partial charge on any atom is -0.318 e. The largest absolute Gasteiger partial charge is 0.318 e. The monoisotopic (exact) mass is 351 g/mol. The molecule has 0 amide bonds. The number of nitrogens with one attached hydrogen (secondary N) is 1. The van der Waals surface area contributed by atoms with Crippen LogP contribution in [-0.2, 0) is 12.8 Å². The molecule has 128 valence electrons. The molecule has 1 N–H and O–H groups in total. The molecule has 0 spiro atoms. The maximum Gasteiger partial charge on any atom is 0.216 e. The fourth-order valence-electron chi connectivity index (χ4n) is 3.64. The second-order valence-electron chi connectivity index (χ2n) is 6.60. The number of hydrogen-bond donors (Lipinski definition) is 1. The van der Waals surface area contributed by atoms with Crippen LogP contribution in [0.1, 0.15) is 40.3 Å². The molecule has 0 atom stereocenters. The number of nitrogens with zero attached hydrogens (tertiary/aromatic N) is 4. The summed E-state index contributed by atoms with van der Waals surface area (Å²) in [4.78, 5) is 0. The topological polar surface area (TPSA) is 50.9 Å². The molecule has 2 aromatic heterocycles. The summed E-state index contributed by atoms with van der Waals surface area (Å²) in [5.74, 6) is 0.744. The van der Waals surface area contributed by atoms with E-state index in [0.717, 1.165) is 11.4 Å². The second-order valence-corrected chi connectivity index (χ2v) is 6.99. The van der Waals surface area contributed by atoms with Crippen molar-refractivity contribution in [2.45, 2.75) is 40.0 Å². The fraction of sp³-hybridized carbons (Fsp3) is 0.316. The zero-order valence-corrected chi connectivity index (χ0v) is 15.5. The fourth-order valence-corrected chi connectivity index (χ4v) is 3.86. The smallest absolute Gasteiger partial charge is 0.216 e. The average molecular weight is 351 g/mol. The van der Waals surface area contributed by atoms with Gasteiger partial charge in [-0.05, 0) is 81.6 Å². The van der Waals surface area contributed by atoms with Gasteiger partial charge in [0.2, 0.25) is 4.77 Å². The van der Waals surface area contributed by atoms with E-state index in [1.165, 1.54) is 47.5 Å². The highest BCUT2D eigenvalue weighted by Crippen LogP contribution is 2.27. The molecule has 0 aliphatic heterocycles. The number of fused-ring (bicyclic) bond motifs is 1. The van der Waals surface area contributed by atoms with Crippen LogP contribution in [0, 0.1) is 25.5 Å². The van der Waals surface area contributed by atoms with Gasteiger partial charge in [-0.3, -0.25) is 5.10 Å². The van der Waals surface area contributed by atoms with Crippen LogP contribution in [-0.4, -0.2) is 25.7 Å². The van der Waals surface area contributed by atoms with Gasteiger partial charge in [-0.1, -0.05) is 6.07 Å². The van der Waals surface area contributed by atoms with Crippen molar-refractivity contribution in [2.24, 2.45) is 5.10 Å². The highest BCUT2D eigenvalue weighted by molar-refractivity contribution is 7.71. The standard InChI is InChI=1S/C19H21N5S/c1-12-9-17(11-20-24-14(3)21-22-19(24)25)13(2)23(12)18-8-7-15-5-4-6-16(15)10-18/h7-11H,4-6H2,1-3H3,(H,22,25)/b20-11-. The van der Waals surface area contributed by atoms with Gasteiger partial charge in [-0.2, -0.15) is 14.9 Å². The Morgan fingerprint density at radius 2 is 1.96 bits per heavy atom. The molecule has 4 rings (SSSR count). The average Bonchev–Trinajstić information content (AvgIpc) is 3.25. The van der Waals surface area contributed by atoms with E-state index >= 15 is 0 Å². The van der Waals surface area contributed by atoms with E-state index in [9.17, 15) is 0 Å². The molecule has 25 heavy (non-hydrogen) atoms. The van der Waals surface area contributed by atoms with Crippen molar-refractivity contribution in [1.82, 2.24) is 19.4 Å². The van der Waals surface area contributed by atoms with Crippen molar-refractivity contribution < 1.29 is 0 Å². The van der Waals surface area contributed by atoms with Crippen LogP contribution in [0.25, 0.3) is 5.69 Å². The highest BCUT2D eigenvalue weighted by atomic mass is 32.1. The zero-order chi connectivity index (χ0) is 17.6. The van der Waals surface area contributed by atoms with Gasteiger partial charge in [0, 0.05) is 22.6 Å². The van der Waals surface area contributed by atoms with Crippen LogP contribution in [0.5, 0.6) is 0 Å². The maximum absolute atomic E-state index is 5.20. The molecule has 1 aromatic carbocycles. The Bertz CT molecular complexity index is 1030. The van der Waals surface area contributed by atoms with Gasteiger partial charge in [0.15, 0.2) is 0 Å². The van der Waals surface area contributed by atoms with E-state index < -0.39 is 0 Å². The number of H-pyrrole nitrogens is 1. The molecule has 0 radical (unpaired) electrons. The Hall–Kier alpha value is -2.47. The third-order valence-corrected chi connectivity index (χ3v) is 5.20. The summed E-state index contributed by atoms with van der Waals surface area (Å²) in [5.41, 5.74) is 7.67. The molecule has 1 aliphatic carbocycles. The maximum atomic E-state index is 5.20. The van der Waals surface area contributed by atoms with Gasteiger partial charge >= 0.3 is 0 Å². The molecular weight excluding hydrogens is 330 g/mol. The first-order valence-electron chi connectivity index (χ1n) is 8.54. The van der Waals surface area contributed by atoms with Crippen LogP contribution < -0.4 is 0 Å². The van der Waals surface area contributed by atoms with E-state index in [4.69, 9.17) is 12.2 Å². The minimum absolute atomic E-state index is 0.501. The molecule has 0 fully saturated rings. The van der Waals surface area contributed by atoms with Crippen molar-refractivity contribution in [3.8, 4) is 5.69 Å². The third kappa shape index (κ3) is 2.76. The first kappa shape index (κ1) is 16.0.